The lowest BCUT2D eigenvalue weighted by Gasteiger charge is -2.08. The van der Waals surface area contributed by atoms with Crippen LogP contribution in [0.25, 0.3) is 11.5 Å². The van der Waals surface area contributed by atoms with Crippen molar-refractivity contribution in [1.29, 1.82) is 0 Å². The maximum Gasteiger partial charge on any atom is 0.388 e. The molecule has 1 N–H and O–H groups in total. The molecule has 1 atom stereocenters. The Morgan fingerprint density at radius 2 is 1.96 bits per heavy atom. The molecule has 0 saturated carbocycles. The Balaban J connectivity index is 1.84. The van der Waals surface area contributed by atoms with E-state index in [1.165, 1.54) is 0 Å². The lowest BCUT2D eigenvalue weighted by atomic mass is 10.1. The molecule has 0 spiro atoms. The molecule has 2 heterocycles. The molecule has 3 aromatic rings. The van der Waals surface area contributed by atoms with Crippen LogP contribution in [0.1, 0.15) is 16.6 Å². The smallest absolute Gasteiger partial charge is 0.388 e. The third-order valence-corrected chi connectivity index (χ3v) is 5.31. The number of thioether (sulfide) groups is 1. The van der Waals surface area contributed by atoms with E-state index in [1.807, 2.05) is 47.0 Å². The Labute approximate surface area is 150 Å². The number of hydrogen-bond donors (Lipinski definition) is 1. The van der Waals surface area contributed by atoms with E-state index >= 15 is 0 Å². The van der Waals surface area contributed by atoms with Crippen molar-refractivity contribution in [2.45, 2.75) is 11.1 Å². The molecule has 5 heteroatoms. The lowest BCUT2D eigenvalue weighted by Crippen LogP contribution is -2.37. The number of aromatic nitrogens is 1. The fraction of sp³-hybridized carbons (Fsp3) is 0.150. The molecule has 1 aliphatic rings. The van der Waals surface area contributed by atoms with Crippen molar-refractivity contribution in [3.05, 3.63) is 65.9 Å². The average molecular weight is 350 g/mol. The Morgan fingerprint density at radius 3 is 2.76 bits per heavy atom. The van der Waals surface area contributed by atoms with Gasteiger partial charge in [0.05, 0.1) is 5.75 Å². The van der Waals surface area contributed by atoms with Crippen LogP contribution in [-0.4, -0.2) is 11.7 Å². The molecule has 0 unspecified atom stereocenters. The SMILES string of the molecule is C#CCOc1ccccc1-c1oc(O)c2[n+]1[C@@H](c1ccccc1)SC2. The third-order valence-electron chi connectivity index (χ3n) is 4.08. The van der Waals surface area contributed by atoms with Crippen LogP contribution in [0.15, 0.2) is 59.0 Å². The van der Waals surface area contributed by atoms with Crippen LogP contribution in [0.4, 0.5) is 0 Å². The van der Waals surface area contributed by atoms with Crippen LogP contribution in [0.2, 0.25) is 0 Å². The van der Waals surface area contributed by atoms with E-state index in [-0.39, 0.29) is 17.9 Å². The molecule has 2 aromatic carbocycles. The van der Waals surface area contributed by atoms with E-state index in [4.69, 9.17) is 15.6 Å². The van der Waals surface area contributed by atoms with Crippen molar-refractivity contribution in [2.75, 3.05) is 6.61 Å². The van der Waals surface area contributed by atoms with Gasteiger partial charge in [-0.05, 0) is 12.1 Å². The monoisotopic (exact) mass is 350 g/mol. The molecular formula is C20H16NO3S+. The zero-order valence-electron chi connectivity index (χ0n) is 13.4. The number of oxazole rings is 1. The largest absolute Gasteiger partial charge is 0.480 e. The highest BCUT2D eigenvalue weighted by Gasteiger charge is 2.43. The first-order valence-electron chi connectivity index (χ1n) is 7.88. The molecule has 1 aromatic heterocycles. The predicted molar refractivity (Wildman–Crippen MR) is 96.2 cm³/mol. The summed E-state index contributed by atoms with van der Waals surface area (Å²) >= 11 is 1.75. The summed E-state index contributed by atoms with van der Waals surface area (Å²) in [5, 5.41) is 10.3. The first kappa shape index (κ1) is 15.7. The van der Waals surface area contributed by atoms with Gasteiger partial charge in [-0.15, -0.1) is 11.0 Å². The molecule has 4 nitrogen and oxygen atoms in total. The summed E-state index contributed by atoms with van der Waals surface area (Å²) in [4.78, 5) is 0. The third kappa shape index (κ3) is 2.75. The van der Waals surface area contributed by atoms with E-state index < -0.39 is 0 Å². The Bertz CT molecular complexity index is 943. The Hall–Kier alpha value is -2.84. The van der Waals surface area contributed by atoms with Gasteiger partial charge in [0.2, 0.25) is 5.37 Å². The molecule has 0 amide bonds. The van der Waals surface area contributed by atoms with Gasteiger partial charge in [0.25, 0.3) is 5.69 Å². The average Bonchev–Trinajstić information content (AvgIpc) is 3.23. The van der Waals surface area contributed by atoms with E-state index in [9.17, 15) is 5.11 Å². The zero-order chi connectivity index (χ0) is 17.2. The molecule has 0 fully saturated rings. The topological polar surface area (TPSA) is 46.5 Å². The number of para-hydroxylation sites is 1. The Morgan fingerprint density at radius 1 is 1.20 bits per heavy atom. The van der Waals surface area contributed by atoms with E-state index in [0.29, 0.717) is 17.4 Å². The van der Waals surface area contributed by atoms with Crippen LogP contribution in [-0.2, 0) is 5.75 Å². The lowest BCUT2D eigenvalue weighted by molar-refractivity contribution is -0.684. The summed E-state index contributed by atoms with van der Waals surface area (Å²) in [6, 6.07) is 17.7. The predicted octanol–water partition coefficient (Wildman–Crippen LogP) is 3.75. The van der Waals surface area contributed by atoms with Crippen LogP contribution < -0.4 is 9.30 Å². The molecule has 0 radical (unpaired) electrons. The minimum atomic E-state index is -0.0484. The summed E-state index contributed by atoms with van der Waals surface area (Å²) in [6.45, 7) is 0.174. The number of hydrogen-bond acceptors (Lipinski definition) is 4. The van der Waals surface area contributed by atoms with E-state index in [1.54, 1.807) is 11.8 Å². The quantitative estimate of drug-likeness (QED) is 0.575. The minimum absolute atomic E-state index is 0.0385. The van der Waals surface area contributed by atoms with Gasteiger partial charge in [0.1, 0.15) is 17.9 Å². The highest BCUT2D eigenvalue weighted by Crippen LogP contribution is 2.42. The van der Waals surface area contributed by atoms with Gasteiger partial charge in [-0.2, -0.15) is 0 Å². The van der Waals surface area contributed by atoms with Crippen LogP contribution in [0.5, 0.6) is 11.7 Å². The van der Waals surface area contributed by atoms with Gasteiger partial charge in [-0.3, -0.25) is 0 Å². The molecular weight excluding hydrogens is 334 g/mol. The molecule has 4 rings (SSSR count). The molecule has 0 bridgehead atoms. The normalized spacial score (nSPS) is 15.6. The van der Waals surface area contributed by atoms with Crippen LogP contribution in [0.3, 0.4) is 0 Å². The van der Waals surface area contributed by atoms with Gasteiger partial charge >= 0.3 is 11.8 Å². The van der Waals surface area contributed by atoms with Gasteiger partial charge in [-0.25, -0.2) is 0 Å². The minimum Gasteiger partial charge on any atom is -0.480 e. The number of terminal acetylenes is 1. The molecule has 1 aliphatic heterocycles. The van der Waals surface area contributed by atoms with Gasteiger partial charge in [0, 0.05) is 5.56 Å². The molecule has 0 aliphatic carbocycles. The first-order valence-corrected chi connectivity index (χ1v) is 8.93. The highest BCUT2D eigenvalue weighted by molar-refractivity contribution is 7.98. The van der Waals surface area contributed by atoms with Gasteiger partial charge in [0.15, 0.2) is 0 Å². The summed E-state index contributed by atoms with van der Waals surface area (Å²) in [6.07, 6.45) is 5.31. The van der Waals surface area contributed by atoms with E-state index in [2.05, 4.69) is 18.1 Å². The highest BCUT2D eigenvalue weighted by atomic mass is 32.2. The zero-order valence-corrected chi connectivity index (χ0v) is 14.2. The maximum atomic E-state index is 10.3. The van der Waals surface area contributed by atoms with Gasteiger partial charge in [-0.1, -0.05) is 60.1 Å². The number of ether oxygens (including phenoxy) is 1. The van der Waals surface area contributed by atoms with Crippen molar-refractivity contribution in [3.8, 4) is 35.5 Å². The summed E-state index contributed by atoms with van der Waals surface area (Å²) < 4.78 is 13.4. The summed E-state index contributed by atoms with van der Waals surface area (Å²) in [7, 11) is 0. The van der Waals surface area contributed by atoms with Crippen molar-refractivity contribution >= 4 is 11.8 Å². The van der Waals surface area contributed by atoms with Crippen molar-refractivity contribution in [1.82, 2.24) is 0 Å². The van der Waals surface area contributed by atoms with Crippen molar-refractivity contribution in [3.63, 3.8) is 0 Å². The first-order chi connectivity index (χ1) is 12.3. The second-order valence-corrected chi connectivity index (χ2v) is 6.66. The fourth-order valence-corrected chi connectivity index (χ4v) is 4.27. The number of benzene rings is 2. The summed E-state index contributed by atoms with van der Waals surface area (Å²) in [5.41, 5.74) is 2.70. The van der Waals surface area contributed by atoms with Gasteiger partial charge < -0.3 is 14.3 Å². The molecule has 124 valence electrons. The second-order valence-electron chi connectivity index (χ2n) is 5.59. The Kier molecular flexibility index (Phi) is 4.12. The molecule has 0 saturated heterocycles. The maximum absolute atomic E-state index is 10.3. The fourth-order valence-electron chi connectivity index (χ4n) is 2.97. The number of aromatic hydroxyl groups is 1. The standard InChI is InChI=1S/C20H15NO3S/c1-2-12-23-17-11-7-6-10-15(17)18-21-16(20(22)24-18)13-25-19(21)14-8-4-3-5-9-14/h1,3-11,19H,12-13H2/p+1/t19-/m1/s1. The molecule has 25 heavy (non-hydrogen) atoms. The van der Waals surface area contributed by atoms with Crippen LogP contribution >= 0.6 is 11.8 Å². The van der Waals surface area contributed by atoms with Crippen molar-refractivity contribution in [2.24, 2.45) is 0 Å². The van der Waals surface area contributed by atoms with Crippen LogP contribution in [0, 0.1) is 12.3 Å². The van der Waals surface area contributed by atoms with Crippen molar-refractivity contribution < 1.29 is 18.8 Å². The second kappa shape index (κ2) is 6.58. The number of rotatable bonds is 4. The number of nitrogens with zero attached hydrogens (tertiary/aromatic N) is 1. The van der Waals surface area contributed by atoms with E-state index in [0.717, 1.165) is 16.8 Å². The summed E-state index contributed by atoms with van der Waals surface area (Å²) in [5.74, 6) is 4.31. The number of fused-ring (bicyclic) bond motifs is 1.